The molecule has 0 aromatic heterocycles. The lowest BCUT2D eigenvalue weighted by Gasteiger charge is -2.42. The molecule has 0 amide bonds. The second-order valence-corrected chi connectivity index (χ2v) is 8.28. The van der Waals surface area contributed by atoms with Crippen LogP contribution in [0.3, 0.4) is 0 Å². The quantitative estimate of drug-likeness (QED) is 0.609. The fourth-order valence-electron chi connectivity index (χ4n) is 4.86. The molecule has 0 radical (unpaired) electrons. The molecule has 0 aromatic rings. The minimum atomic E-state index is 0.893. The molecule has 5 unspecified atom stereocenters. The third-order valence-corrected chi connectivity index (χ3v) is 6.26. The largest absolute Gasteiger partial charge is 0.0625 e. The maximum Gasteiger partial charge on any atom is -0.0352 e. The maximum absolute atomic E-state index is 2.47. The van der Waals surface area contributed by atoms with E-state index in [9.17, 15) is 0 Å². The van der Waals surface area contributed by atoms with E-state index in [1.54, 1.807) is 0 Å². The molecule has 0 saturated heterocycles. The molecule has 0 aliphatic heterocycles. The Bertz CT molecular complexity index is 263. The topological polar surface area (TPSA) is 0 Å². The van der Waals surface area contributed by atoms with Gasteiger partial charge < -0.3 is 0 Å². The zero-order valence-electron chi connectivity index (χ0n) is 13.4. The minimum Gasteiger partial charge on any atom is -0.0625 e. The number of hydrogen-bond donors (Lipinski definition) is 0. The molecule has 2 rings (SSSR count). The van der Waals surface area contributed by atoms with E-state index in [0.717, 1.165) is 47.3 Å². The number of hydrogen-bond acceptors (Lipinski definition) is 0. The summed E-state index contributed by atoms with van der Waals surface area (Å²) in [6.07, 6.45) is 6.13. The van der Waals surface area contributed by atoms with E-state index in [1.165, 1.54) is 25.7 Å². The van der Waals surface area contributed by atoms with Gasteiger partial charge in [0.05, 0.1) is 0 Å². The summed E-state index contributed by atoms with van der Waals surface area (Å²) in [4.78, 5) is 0. The Morgan fingerprint density at radius 2 is 1.11 bits per heavy atom. The standard InChI is InChI=1S/C18H34/c1-11(2)14-7-16-8-15(12(3)4)10-18(16)17(9-14)13(5)6/h11-18H,7-10H2,1-6H3. The van der Waals surface area contributed by atoms with Crippen LogP contribution < -0.4 is 0 Å². The van der Waals surface area contributed by atoms with Crippen LogP contribution in [0.25, 0.3) is 0 Å². The smallest absolute Gasteiger partial charge is 0.0352 e. The highest BCUT2D eigenvalue weighted by Gasteiger charge is 2.45. The molecule has 0 N–H and O–H groups in total. The number of fused-ring (bicyclic) bond motifs is 1. The molecule has 0 bridgehead atoms. The lowest BCUT2D eigenvalue weighted by Crippen LogP contribution is -2.34. The normalized spacial score (nSPS) is 40.8. The lowest BCUT2D eigenvalue weighted by atomic mass is 9.63. The first-order valence-corrected chi connectivity index (χ1v) is 8.40. The Hall–Kier alpha value is 0. The highest BCUT2D eigenvalue weighted by Crippen LogP contribution is 2.54. The van der Waals surface area contributed by atoms with Gasteiger partial charge >= 0.3 is 0 Å². The van der Waals surface area contributed by atoms with Gasteiger partial charge in [-0.15, -0.1) is 0 Å². The molecule has 2 aliphatic rings. The third kappa shape index (κ3) is 2.78. The Morgan fingerprint density at radius 3 is 1.56 bits per heavy atom. The van der Waals surface area contributed by atoms with Gasteiger partial charge in [0.25, 0.3) is 0 Å². The SMILES string of the molecule is CC(C)C1CC2CC(C(C)C)CC2C(C(C)C)C1. The highest BCUT2D eigenvalue weighted by atomic mass is 14.5. The van der Waals surface area contributed by atoms with E-state index in [4.69, 9.17) is 0 Å². The monoisotopic (exact) mass is 250 g/mol. The molecule has 0 heteroatoms. The van der Waals surface area contributed by atoms with Crippen molar-refractivity contribution in [2.45, 2.75) is 67.2 Å². The zero-order valence-corrected chi connectivity index (χ0v) is 13.4. The Kier molecular flexibility index (Phi) is 4.44. The van der Waals surface area contributed by atoms with Crippen LogP contribution in [-0.2, 0) is 0 Å². The molecular weight excluding hydrogens is 216 g/mol. The van der Waals surface area contributed by atoms with Crippen LogP contribution in [-0.4, -0.2) is 0 Å². The van der Waals surface area contributed by atoms with Gasteiger partial charge in [-0.1, -0.05) is 41.5 Å². The summed E-state index contributed by atoms with van der Waals surface area (Å²) >= 11 is 0. The van der Waals surface area contributed by atoms with Crippen LogP contribution in [0.1, 0.15) is 67.2 Å². The second-order valence-electron chi connectivity index (χ2n) is 8.28. The van der Waals surface area contributed by atoms with Gasteiger partial charge in [-0.2, -0.15) is 0 Å². The van der Waals surface area contributed by atoms with E-state index in [0.29, 0.717) is 0 Å². The maximum atomic E-state index is 2.47. The van der Waals surface area contributed by atoms with Gasteiger partial charge in [0.2, 0.25) is 0 Å². The lowest BCUT2D eigenvalue weighted by molar-refractivity contribution is 0.0736. The minimum absolute atomic E-state index is 0.893. The third-order valence-electron chi connectivity index (χ3n) is 6.26. The average molecular weight is 250 g/mol. The van der Waals surface area contributed by atoms with Crippen LogP contribution in [0.15, 0.2) is 0 Å². The molecule has 0 spiro atoms. The van der Waals surface area contributed by atoms with E-state index >= 15 is 0 Å². The molecule has 5 atom stereocenters. The number of rotatable bonds is 3. The van der Waals surface area contributed by atoms with Crippen LogP contribution in [0.2, 0.25) is 0 Å². The summed E-state index contributed by atoms with van der Waals surface area (Å²) in [5.74, 6) is 7.85. The Morgan fingerprint density at radius 1 is 0.611 bits per heavy atom. The Balaban J connectivity index is 2.11. The second kappa shape index (κ2) is 5.55. The van der Waals surface area contributed by atoms with Gasteiger partial charge in [0.1, 0.15) is 0 Å². The summed E-state index contributed by atoms with van der Waals surface area (Å²) in [6, 6.07) is 0. The van der Waals surface area contributed by atoms with Crippen molar-refractivity contribution in [2.75, 3.05) is 0 Å². The predicted octanol–water partition coefficient (Wildman–Crippen LogP) is 5.62. The van der Waals surface area contributed by atoms with Crippen molar-refractivity contribution in [3.8, 4) is 0 Å². The van der Waals surface area contributed by atoms with Crippen molar-refractivity contribution in [1.82, 2.24) is 0 Å². The van der Waals surface area contributed by atoms with Crippen LogP contribution >= 0.6 is 0 Å². The van der Waals surface area contributed by atoms with Crippen LogP contribution in [0.5, 0.6) is 0 Å². The molecule has 0 aromatic carbocycles. The molecule has 0 nitrogen and oxygen atoms in total. The molecular formula is C18H34. The fraction of sp³-hybridized carbons (Fsp3) is 1.00. The van der Waals surface area contributed by atoms with Gasteiger partial charge in [-0.25, -0.2) is 0 Å². The van der Waals surface area contributed by atoms with E-state index in [1.807, 2.05) is 0 Å². The zero-order chi connectivity index (χ0) is 13.4. The summed E-state index contributed by atoms with van der Waals surface area (Å²) in [5.41, 5.74) is 0. The summed E-state index contributed by atoms with van der Waals surface area (Å²) in [7, 11) is 0. The predicted molar refractivity (Wildman–Crippen MR) is 80.4 cm³/mol. The van der Waals surface area contributed by atoms with E-state index < -0.39 is 0 Å². The van der Waals surface area contributed by atoms with Crippen molar-refractivity contribution in [3.63, 3.8) is 0 Å². The molecule has 2 fully saturated rings. The van der Waals surface area contributed by atoms with Gasteiger partial charge in [0, 0.05) is 0 Å². The van der Waals surface area contributed by atoms with Gasteiger partial charge in [-0.3, -0.25) is 0 Å². The first-order valence-electron chi connectivity index (χ1n) is 8.40. The van der Waals surface area contributed by atoms with Crippen molar-refractivity contribution < 1.29 is 0 Å². The molecule has 2 saturated carbocycles. The van der Waals surface area contributed by atoms with Crippen LogP contribution in [0, 0.1) is 47.3 Å². The summed E-state index contributed by atoms with van der Waals surface area (Å²) < 4.78 is 0. The first-order chi connectivity index (χ1) is 8.40. The fourth-order valence-corrected chi connectivity index (χ4v) is 4.86. The molecule has 106 valence electrons. The van der Waals surface area contributed by atoms with E-state index in [-0.39, 0.29) is 0 Å². The van der Waals surface area contributed by atoms with Crippen molar-refractivity contribution >= 4 is 0 Å². The molecule has 0 heterocycles. The van der Waals surface area contributed by atoms with Crippen molar-refractivity contribution in [1.29, 1.82) is 0 Å². The summed E-state index contributed by atoms with van der Waals surface area (Å²) in [5, 5.41) is 0. The van der Waals surface area contributed by atoms with Gasteiger partial charge in [-0.05, 0) is 73.0 Å². The van der Waals surface area contributed by atoms with Crippen LogP contribution in [0.4, 0.5) is 0 Å². The summed E-state index contributed by atoms with van der Waals surface area (Å²) in [6.45, 7) is 14.7. The average Bonchev–Trinajstić information content (AvgIpc) is 2.70. The molecule has 2 aliphatic carbocycles. The van der Waals surface area contributed by atoms with E-state index in [2.05, 4.69) is 41.5 Å². The first kappa shape index (κ1) is 14.4. The molecule has 18 heavy (non-hydrogen) atoms. The Labute approximate surface area is 115 Å². The highest BCUT2D eigenvalue weighted by molar-refractivity contribution is 4.95. The van der Waals surface area contributed by atoms with Gasteiger partial charge in [0.15, 0.2) is 0 Å². The van der Waals surface area contributed by atoms with Crippen molar-refractivity contribution in [3.05, 3.63) is 0 Å². The van der Waals surface area contributed by atoms with Crippen molar-refractivity contribution in [2.24, 2.45) is 47.3 Å².